The van der Waals surface area contributed by atoms with Gasteiger partial charge in [0.2, 0.25) is 0 Å². The predicted octanol–water partition coefficient (Wildman–Crippen LogP) is 3.93. The Hall–Kier alpha value is -2.27. The molecule has 0 spiro atoms. The first-order valence-electron chi connectivity index (χ1n) is 6.37. The summed E-state index contributed by atoms with van der Waals surface area (Å²) in [6.45, 7) is 0. The molecule has 0 saturated heterocycles. The van der Waals surface area contributed by atoms with E-state index < -0.39 is 0 Å². The number of phenolic OH excluding ortho intramolecular Hbond substituents is 2. The van der Waals surface area contributed by atoms with Gasteiger partial charge in [0, 0.05) is 22.6 Å². The molecule has 0 bridgehead atoms. The van der Waals surface area contributed by atoms with Gasteiger partial charge in [-0.1, -0.05) is 0 Å². The molecule has 1 aromatic heterocycles. The molecule has 0 aliphatic rings. The van der Waals surface area contributed by atoms with Crippen LogP contribution in [0.1, 0.15) is 0 Å². The Morgan fingerprint density at radius 2 is 1.62 bits per heavy atom. The number of halogens is 1. The van der Waals surface area contributed by atoms with E-state index >= 15 is 0 Å². The van der Waals surface area contributed by atoms with Crippen LogP contribution in [-0.4, -0.2) is 20.0 Å². The lowest BCUT2D eigenvalue weighted by atomic mass is 10.1. The quantitative estimate of drug-likeness (QED) is 0.740. The Bertz CT molecular complexity index is 795. The van der Waals surface area contributed by atoms with Crippen LogP contribution < -0.4 is 0 Å². The second kappa shape index (κ2) is 5.26. The van der Waals surface area contributed by atoms with Crippen molar-refractivity contribution in [2.75, 3.05) is 0 Å². The summed E-state index contributed by atoms with van der Waals surface area (Å²) < 4.78 is 2.58. The van der Waals surface area contributed by atoms with Crippen LogP contribution in [0, 0.1) is 0 Å². The first-order valence-corrected chi connectivity index (χ1v) is 7.16. The highest BCUT2D eigenvalue weighted by Gasteiger charge is 2.12. The maximum atomic E-state index is 9.47. The van der Waals surface area contributed by atoms with Gasteiger partial charge < -0.3 is 10.2 Å². The zero-order valence-corrected chi connectivity index (χ0v) is 12.9. The second-order valence-corrected chi connectivity index (χ2v) is 5.60. The Morgan fingerprint density at radius 1 is 0.952 bits per heavy atom. The lowest BCUT2D eigenvalue weighted by molar-refractivity contribution is 0.474. The van der Waals surface area contributed by atoms with Crippen LogP contribution in [0.25, 0.3) is 22.5 Å². The molecule has 2 aromatic carbocycles. The Labute approximate surface area is 130 Å². The van der Waals surface area contributed by atoms with Crippen molar-refractivity contribution in [1.29, 1.82) is 0 Å². The molecule has 5 heteroatoms. The van der Waals surface area contributed by atoms with E-state index in [0.29, 0.717) is 0 Å². The molecule has 0 amide bonds. The van der Waals surface area contributed by atoms with Crippen molar-refractivity contribution in [3.8, 4) is 34.0 Å². The Balaban J connectivity index is 2.07. The molecule has 0 aliphatic carbocycles. The fourth-order valence-electron chi connectivity index (χ4n) is 2.21. The van der Waals surface area contributed by atoms with Crippen molar-refractivity contribution in [3.63, 3.8) is 0 Å². The molecule has 0 unspecified atom stereocenters. The van der Waals surface area contributed by atoms with Crippen LogP contribution in [0.15, 0.2) is 53.0 Å². The van der Waals surface area contributed by atoms with Crippen molar-refractivity contribution in [2.45, 2.75) is 0 Å². The van der Waals surface area contributed by atoms with Gasteiger partial charge in [-0.25, -0.2) is 0 Å². The highest BCUT2D eigenvalue weighted by atomic mass is 79.9. The number of aryl methyl sites for hydroxylation is 1. The van der Waals surface area contributed by atoms with Gasteiger partial charge in [-0.15, -0.1) is 0 Å². The van der Waals surface area contributed by atoms with Crippen molar-refractivity contribution in [2.24, 2.45) is 7.05 Å². The SMILES string of the molecule is Cn1nc(-c2ccc(O)cc2Br)cc1-c1ccc(O)cc1. The van der Waals surface area contributed by atoms with E-state index in [-0.39, 0.29) is 11.5 Å². The third kappa shape index (κ3) is 2.64. The molecule has 0 radical (unpaired) electrons. The number of hydrogen-bond acceptors (Lipinski definition) is 3. The monoisotopic (exact) mass is 344 g/mol. The van der Waals surface area contributed by atoms with Crippen molar-refractivity contribution in [3.05, 3.63) is 53.0 Å². The molecule has 2 N–H and O–H groups in total. The molecule has 0 fully saturated rings. The van der Waals surface area contributed by atoms with Crippen molar-refractivity contribution in [1.82, 2.24) is 9.78 Å². The molecule has 4 nitrogen and oxygen atoms in total. The van der Waals surface area contributed by atoms with Crippen LogP contribution in [-0.2, 0) is 7.05 Å². The molecule has 21 heavy (non-hydrogen) atoms. The maximum Gasteiger partial charge on any atom is 0.116 e. The lowest BCUT2D eigenvalue weighted by Gasteiger charge is -2.01. The summed E-state index contributed by atoms with van der Waals surface area (Å²) in [5.41, 5.74) is 3.65. The summed E-state index contributed by atoms with van der Waals surface area (Å²) in [6.07, 6.45) is 0. The molecule has 0 atom stereocenters. The molecule has 0 aliphatic heterocycles. The first-order chi connectivity index (χ1) is 10.0. The molecular weight excluding hydrogens is 332 g/mol. The van der Waals surface area contributed by atoms with Crippen LogP contribution >= 0.6 is 15.9 Å². The summed E-state index contributed by atoms with van der Waals surface area (Å²) in [6, 6.07) is 14.1. The van der Waals surface area contributed by atoms with Crippen molar-refractivity contribution >= 4 is 15.9 Å². The normalized spacial score (nSPS) is 10.8. The highest BCUT2D eigenvalue weighted by Crippen LogP contribution is 2.32. The van der Waals surface area contributed by atoms with Crippen LogP contribution in [0.5, 0.6) is 11.5 Å². The lowest BCUT2D eigenvalue weighted by Crippen LogP contribution is -1.93. The Kier molecular flexibility index (Phi) is 3.43. The molecule has 3 rings (SSSR count). The number of aromatic hydroxyl groups is 2. The van der Waals surface area contributed by atoms with E-state index in [4.69, 9.17) is 0 Å². The number of aromatic nitrogens is 2. The summed E-state index contributed by atoms with van der Waals surface area (Å²) in [5, 5.41) is 23.3. The van der Waals surface area contributed by atoms with Gasteiger partial charge in [-0.2, -0.15) is 5.10 Å². The van der Waals surface area contributed by atoms with E-state index in [9.17, 15) is 10.2 Å². The molecular formula is C16H13BrN2O2. The highest BCUT2D eigenvalue weighted by molar-refractivity contribution is 9.10. The standard InChI is InChI=1S/C16H13BrN2O2/c1-19-16(10-2-4-11(20)5-3-10)9-15(18-19)13-7-6-12(21)8-14(13)17/h2-9,20-21H,1H3. The van der Waals surface area contributed by atoms with E-state index in [1.54, 1.807) is 28.9 Å². The number of phenols is 2. The van der Waals surface area contributed by atoms with Gasteiger partial charge in [-0.05, 0) is 64.5 Å². The van der Waals surface area contributed by atoms with Crippen LogP contribution in [0.2, 0.25) is 0 Å². The largest absolute Gasteiger partial charge is 0.508 e. The van der Waals surface area contributed by atoms with Gasteiger partial charge in [0.25, 0.3) is 0 Å². The number of benzene rings is 2. The van der Waals surface area contributed by atoms with E-state index in [0.717, 1.165) is 27.0 Å². The predicted molar refractivity (Wildman–Crippen MR) is 85.1 cm³/mol. The molecule has 3 aromatic rings. The van der Waals surface area contributed by atoms with Gasteiger partial charge >= 0.3 is 0 Å². The number of hydrogen-bond donors (Lipinski definition) is 2. The topological polar surface area (TPSA) is 58.3 Å². The summed E-state index contributed by atoms with van der Waals surface area (Å²) in [5.74, 6) is 0.447. The van der Waals surface area contributed by atoms with Gasteiger partial charge in [0.05, 0.1) is 11.4 Å². The van der Waals surface area contributed by atoms with Crippen LogP contribution in [0.4, 0.5) is 0 Å². The van der Waals surface area contributed by atoms with Gasteiger partial charge in [0.15, 0.2) is 0 Å². The molecule has 1 heterocycles. The maximum absolute atomic E-state index is 9.47. The molecule has 0 saturated carbocycles. The fourth-order valence-corrected chi connectivity index (χ4v) is 2.78. The summed E-state index contributed by atoms with van der Waals surface area (Å²) in [4.78, 5) is 0. The average Bonchev–Trinajstić information content (AvgIpc) is 2.81. The van der Waals surface area contributed by atoms with Crippen molar-refractivity contribution < 1.29 is 10.2 Å². The Morgan fingerprint density at radius 3 is 2.29 bits per heavy atom. The fraction of sp³-hybridized carbons (Fsp3) is 0.0625. The zero-order chi connectivity index (χ0) is 15.0. The average molecular weight is 345 g/mol. The number of rotatable bonds is 2. The van der Waals surface area contributed by atoms with Crippen LogP contribution in [0.3, 0.4) is 0 Å². The summed E-state index contributed by atoms with van der Waals surface area (Å²) in [7, 11) is 1.88. The van der Waals surface area contributed by atoms with Gasteiger partial charge in [0.1, 0.15) is 11.5 Å². The molecule has 106 valence electrons. The third-order valence-corrected chi connectivity index (χ3v) is 3.93. The smallest absolute Gasteiger partial charge is 0.116 e. The summed E-state index contributed by atoms with van der Waals surface area (Å²) >= 11 is 3.44. The second-order valence-electron chi connectivity index (χ2n) is 4.75. The van der Waals surface area contributed by atoms with Gasteiger partial charge in [-0.3, -0.25) is 4.68 Å². The minimum Gasteiger partial charge on any atom is -0.508 e. The minimum absolute atomic E-state index is 0.209. The third-order valence-electron chi connectivity index (χ3n) is 3.27. The minimum atomic E-state index is 0.209. The van der Waals surface area contributed by atoms with E-state index in [1.807, 2.05) is 31.3 Å². The van der Waals surface area contributed by atoms with E-state index in [2.05, 4.69) is 21.0 Å². The number of nitrogens with zero attached hydrogens (tertiary/aromatic N) is 2. The van der Waals surface area contributed by atoms with E-state index in [1.165, 1.54) is 0 Å². The zero-order valence-electron chi connectivity index (χ0n) is 11.3. The first kappa shape index (κ1) is 13.7.